The number of piperazine rings is 1. The van der Waals surface area contributed by atoms with Gasteiger partial charge in [-0.15, -0.1) is 24.8 Å². The molecule has 0 atom stereocenters. The lowest BCUT2D eigenvalue weighted by molar-refractivity contribution is 0.0946. The van der Waals surface area contributed by atoms with Crippen LogP contribution in [0, 0.1) is 13.8 Å². The van der Waals surface area contributed by atoms with Crippen LogP contribution in [0.4, 0.5) is 5.69 Å². The van der Waals surface area contributed by atoms with E-state index >= 15 is 0 Å². The average Bonchev–Trinajstić information content (AvgIpc) is 3.47. The molecule has 0 saturated carbocycles. The first-order chi connectivity index (χ1) is 17.4. The van der Waals surface area contributed by atoms with E-state index in [1.54, 1.807) is 0 Å². The Bertz CT molecular complexity index is 1280. The molecular formula is C26H31Cl4N5O3. The van der Waals surface area contributed by atoms with Crippen LogP contribution in [0.3, 0.4) is 0 Å². The Hall–Kier alpha value is -2.36. The first-order valence-electron chi connectivity index (χ1n) is 12.1. The highest BCUT2D eigenvalue weighted by molar-refractivity contribution is 6.43. The van der Waals surface area contributed by atoms with Crippen molar-refractivity contribution in [3.05, 3.63) is 63.7 Å². The number of imidazole rings is 1. The number of fused-ring (bicyclic) bond motifs is 1. The fraction of sp³-hybridized carbons (Fsp3) is 0.385. The van der Waals surface area contributed by atoms with Gasteiger partial charge >= 0.3 is 0 Å². The molecule has 1 saturated heterocycles. The lowest BCUT2D eigenvalue weighted by atomic mass is 10.2. The Morgan fingerprint density at radius 1 is 1.03 bits per heavy atom. The van der Waals surface area contributed by atoms with Gasteiger partial charge < -0.3 is 24.3 Å². The summed E-state index contributed by atoms with van der Waals surface area (Å²) in [6.45, 7) is 9.19. The Kier molecular flexibility index (Phi) is 10.4. The Balaban J connectivity index is 0.00000200. The zero-order chi connectivity index (χ0) is 25.2. The molecule has 12 heteroatoms. The van der Waals surface area contributed by atoms with Crippen molar-refractivity contribution in [2.75, 3.05) is 51.0 Å². The third-order valence-electron chi connectivity index (χ3n) is 6.69. The van der Waals surface area contributed by atoms with Crippen LogP contribution in [0.5, 0.6) is 11.5 Å². The van der Waals surface area contributed by atoms with Crippen LogP contribution >= 0.6 is 48.0 Å². The number of nitrogens with one attached hydrogen (secondary N) is 1. The van der Waals surface area contributed by atoms with Crippen molar-refractivity contribution >= 4 is 59.6 Å². The van der Waals surface area contributed by atoms with Gasteiger partial charge in [-0.1, -0.05) is 29.3 Å². The molecule has 0 radical (unpaired) electrons. The summed E-state index contributed by atoms with van der Waals surface area (Å²) in [7, 11) is 0. The Morgan fingerprint density at radius 3 is 2.53 bits per heavy atom. The van der Waals surface area contributed by atoms with Crippen LogP contribution in [0.15, 0.2) is 36.4 Å². The normalized spacial score (nSPS) is 14.6. The number of nitrogens with zero attached hydrogens (tertiary/aromatic N) is 4. The number of rotatable bonds is 7. The van der Waals surface area contributed by atoms with E-state index < -0.39 is 0 Å². The predicted molar refractivity (Wildman–Crippen MR) is 156 cm³/mol. The molecule has 1 aromatic heterocycles. The van der Waals surface area contributed by atoms with Crippen molar-refractivity contribution in [1.29, 1.82) is 0 Å². The summed E-state index contributed by atoms with van der Waals surface area (Å²) in [6.07, 6.45) is 0.866. The van der Waals surface area contributed by atoms with Crippen LogP contribution in [-0.2, 0) is 0 Å². The molecule has 3 aromatic rings. The molecule has 8 nitrogen and oxygen atoms in total. The van der Waals surface area contributed by atoms with Gasteiger partial charge in [0, 0.05) is 38.8 Å². The van der Waals surface area contributed by atoms with E-state index in [0.29, 0.717) is 28.0 Å². The van der Waals surface area contributed by atoms with Crippen molar-refractivity contribution in [2.24, 2.45) is 0 Å². The fourth-order valence-electron chi connectivity index (χ4n) is 4.80. The number of aryl methyl sites for hydroxylation is 1. The molecular weight excluding hydrogens is 572 g/mol. The van der Waals surface area contributed by atoms with Crippen molar-refractivity contribution in [3.8, 4) is 17.2 Å². The van der Waals surface area contributed by atoms with Gasteiger partial charge in [0.25, 0.3) is 5.91 Å². The Labute approximate surface area is 245 Å². The van der Waals surface area contributed by atoms with Crippen LogP contribution < -0.4 is 19.7 Å². The number of carbonyl (C=O) groups is 1. The van der Waals surface area contributed by atoms with Gasteiger partial charge in [0.15, 0.2) is 11.5 Å². The Morgan fingerprint density at radius 2 is 1.76 bits per heavy atom. The van der Waals surface area contributed by atoms with Gasteiger partial charge in [-0.25, -0.2) is 4.98 Å². The second-order valence-electron chi connectivity index (χ2n) is 8.98. The first kappa shape index (κ1) is 30.2. The van der Waals surface area contributed by atoms with Crippen LogP contribution in [-0.4, -0.2) is 66.4 Å². The van der Waals surface area contributed by atoms with Gasteiger partial charge in [0.2, 0.25) is 6.79 Å². The zero-order valence-corrected chi connectivity index (χ0v) is 24.4. The monoisotopic (exact) mass is 601 g/mol. The van der Waals surface area contributed by atoms with E-state index in [0.717, 1.165) is 67.8 Å². The maximum Gasteiger partial charge on any atom is 0.271 e. The minimum atomic E-state index is -0.157. The molecule has 3 heterocycles. The van der Waals surface area contributed by atoms with Crippen molar-refractivity contribution in [1.82, 2.24) is 19.8 Å². The minimum Gasteiger partial charge on any atom is -0.454 e. The SMILES string of the molecule is Cc1nc(C(=O)NCCCN2CCN(c3cccc(Cl)c3Cl)CC2)c(C)n1-c1ccc2c(c1)OCO2.Cl.Cl. The quantitative estimate of drug-likeness (QED) is 0.370. The highest BCUT2D eigenvalue weighted by Crippen LogP contribution is 2.35. The number of hydrogen-bond donors (Lipinski definition) is 1. The number of amides is 1. The largest absolute Gasteiger partial charge is 0.454 e. The molecule has 1 amide bonds. The van der Waals surface area contributed by atoms with Gasteiger partial charge in [0.1, 0.15) is 11.5 Å². The number of carbonyl (C=O) groups excluding carboxylic acids is 1. The second-order valence-corrected chi connectivity index (χ2v) is 9.76. The molecule has 1 N–H and O–H groups in total. The smallest absolute Gasteiger partial charge is 0.271 e. The third-order valence-corrected chi connectivity index (χ3v) is 7.49. The third kappa shape index (κ3) is 6.26. The standard InChI is InChI=1S/C26H29Cl2N5O3.2ClH/c1-17-25(30-18(2)33(17)19-7-8-22-23(15-19)36-16-35-22)26(34)29-9-4-10-31-11-13-32(14-12-31)21-6-3-5-20(27)24(21)28;;/h3,5-8,15H,4,9-14,16H2,1-2H3,(H,29,34);2*1H. The molecule has 0 bridgehead atoms. The molecule has 0 spiro atoms. The summed E-state index contributed by atoms with van der Waals surface area (Å²) in [6, 6.07) is 11.5. The number of halogens is 4. The molecule has 38 heavy (non-hydrogen) atoms. The van der Waals surface area contributed by atoms with E-state index in [2.05, 4.69) is 20.1 Å². The van der Waals surface area contributed by atoms with Crippen molar-refractivity contribution < 1.29 is 14.3 Å². The summed E-state index contributed by atoms with van der Waals surface area (Å²) in [5.41, 5.74) is 3.11. The van der Waals surface area contributed by atoms with Crippen LogP contribution in [0.1, 0.15) is 28.4 Å². The summed E-state index contributed by atoms with van der Waals surface area (Å²) < 4.78 is 12.9. The number of ether oxygens (including phenoxy) is 2. The summed E-state index contributed by atoms with van der Waals surface area (Å²) in [5.74, 6) is 2.01. The molecule has 1 fully saturated rings. The summed E-state index contributed by atoms with van der Waals surface area (Å²) in [5, 5.41) is 4.23. The van der Waals surface area contributed by atoms with Crippen molar-refractivity contribution in [3.63, 3.8) is 0 Å². The molecule has 206 valence electrons. The fourth-order valence-corrected chi connectivity index (χ4v) is 5.21. The minimum absolute atomic E-state index is 0. The number of hydrogen-bond acceptors (Lipinski definition) is 6. The number of anilines is 1. The van der Waals surface area contributed by atoms with E-state index in [4.69, 9.17) is 32.7 Å². The first-order valence-corrected chi connectivity index (χ1v) is 12.8. The van der Waals surface area contributed by atoms with Crippen LogP contribution in [0.25, 0.3) is 5.69 Å². The average molecular weight is 603 g/mol. The summed E-state index contributed by atoms with van der Waals surface area (Å²) >= 11 is 12.5. The molecule has 5 rings (SSSR count). The highest BCUT2D eigenvalue weighted by atomic mass is 35.5. The number of benzene rings is 2. The number of aromatic nitrogens is 2. The maximum atomic E-state index is 12.9. The van der Waals surface area contributed by atoms with Crippen molar-refractivity contribution in [2.45, 2.75) is 20.3 Å². The maximum absolute atomic E-state index is 12.9. The van der Waals surface area contributed by atoms with E-state index in [-0.39, 0.29) is 37.5 Å². The molecule has 2 aromatic carbocycles. The molecule has 0 unspecified atom stereocenters. The second kappa shape index (κ2) is 13.1. The molecule has 2 aliphatic rings. The molecule has 0 aliphatic carbocycles. The van der Waals surface area contributed by atoms with Gasteiger partial charge in [0.05, 0.1) is 27.1 Å². The highest BCUT2D eigenvalue weighted by Gasteiger charge is 2.22. The zero-order valence-electron chi connectivity index (χ0n) is 21.2. The van der Waals surface area contributed by atoms with E-state index in [1.165, 1.54) is 0 Å². The predicted octanol–water partition coefficient (Wildman–Crippen LogP) is 5.31. The lowest BCUT2D eigenvalue weighted by Gasteiger charge is -2.36. The lowest BCUT2D eigenvalue weighted by Crippen LogP contribution is -2.47. The topological polar surface area (TPSA) is 71.9 Å². The molecule has 2 aliphatic heterocycles. The van der Waals surface area contributed by atoms with E-state index in [9.17, 15) is 4.79 Å². The van der Waals surface area contributed by atoms with Gasteiger partial charge in [-0.2, -0.15) is 0 Å². The van der Waals surface area contributed by atoms with E-state index in [1.807, 2.05) is 54.8 Å². The van der Waals surface area contributed by atoms with Gasteiger partial charge in [-0.05, 0) is 51.1 Å². The summed E-state index contributed by atoms with van der Waals surface area (Å²) in [4.78, 5) is 22.1. The van der Waals surface area contributed by atoms with Crippen LogP contribution in [0.2, 0.25) is 10.0 Å². The van der Waals surface area contributed by atoms with Gasteiger partial charge in [-0.3, -0.25) is 9.69 Å².